The fraction of sp³-hybridized carbons (Fsp3) is 0.115. The molecule has 0 aliphatic rings. The molecule has 0 saturated heterocycles. The summed E-state index contributed by atoms with van der Waals surface area (Å²) >= 11 is 0. The van der Waals surface area contributed by atoms with Crippen molar-refractivity contribution in [2.75, 3.05) is 0 Å². The molecule has 4 aromatic rings. The van der Waals surface area contributed by atoms with Gasteiger partial charge in [0, 0.05) is 29.1 Å². The highest BCUT2D eigenvalue weighted by molar-refractivity contribution is 6.08. The third-order valence-corrected chi connectivity index (χ3v) is 4.86. The van der Waals surface area contributed by atoms with Crippen molar-refractivity contribution >= 4 is 5.78 Å². The van der Waals surface area contributed by atoms with Gasteiger partial charge in [-0.15, -0.1) is 0 Å². The van der Waals surface area contributed by atoms with E-state index in [0.717, 1.165) is 30.6 Å². The summed E-state index contributed by atoms with van der Waals surface area (Å²) in [6.45, 7) is 0. The summed E-state index contributed by atoms with van der Waals surface area (Å²) < 4.78 is 73.8. The van der Waals surface area contributed by atoms with E-state index in [1.54, 1.807) is 60.7 Å². The van der Waals surface area contributed by atoms with Gasteiger partial charge in [0.1, 0.15) is 17.5 Å². The Balaban J connectivity index is 0.000000201. The predicted molar refractivity (Wildman–Crippen MR) is 119 cm³/mol. The number of hydrogen-bond acceptors (Lipinski definition) is 4. The van der Waals surface area contributed by atoms with Gasteiger partial charge in [-0.05, 0) is 23.8 Å². The van der Waals surface area contributed by atoms with Crippen molar-refractivity contribution in [1.82, 2.24) is 9.97 Å². The van der Waals surface area contributed by atoms with E-state index in [-0.39, 0.29) is 11.3 Å². The number of carbonyl (C=O) groups is 1. The number of aliphatic hydroxyl groups is 1. The largest absolute Gasteiger partial charge is 0.433 e. The van der Waals surface area contributed by atoms with Crippen LogP contribution >= 0.6 is 0 Å². The van der Waals surface area contributed by atoms with Crippen LogP contribution in [0.1, 0.15) is 44.5 Å². The maximum Gasteiger partial charge on any atom is 0.433 e. The van der Waals surface area contributed by atoms with Gasteiger partial charge in [0.15, 0.2) is 5.78 Å². The summed E-state index contributed by atoms with van der Waals surface area (Å²) in [6, 6.07) is 21.0. The van der Waals surface area contributed by atoms with Gasteiger partial charge in [-0.2, -0.15) is 26.3 Å². The smallest absolute Gasteiger partial charge is 0.384 e. The minimum atomic E-state index is -4.49. The van der Waals surface area contributed by atoms with Crippen LogP contribution in [-0.2, 0) is 12.4 Å². The lowest BCUT2D eigenvalue weighted by atomic mass is 10.0. The molecule has 4 rings (SSSR count). The van der Waals surface area contributed by atoms with Crippen LogP contribution in [0.3, 0.4) is 0 Å². The monoisotopic (exact) mass is 504 g/mol. The molecule has 0 spiro atoms. The third kappa shape index (κ3) is 6.98. The maximum absolute atomic E-state index is 12.3. The lowest BCUT2D eigenvalue weighted by molar-refractivity contribution is -0.142. The second-order valence-electron chi connectivity index (χ2n) is 7.41. The molecule has 36 heavy (non-hydrogen) atoms. The number of aliphatic hydroxyl groups excluding tert-OH is 1. The fourth-order valence-electron chi connectivity index (χ4n) is 3.01. The number of pyridine rings is 2. The zero-order chi connectivity index (χ0) is 26.3. The Morgan fingerprint density at radius 1 is 0.611 bits per heavy atom. The first-order chi connectivity index (χ1) is 17.0. The Morgan fingerprint density at radius 3 is 1.56 bits per heavy atom. The number of rotatable bonds is 4. The number of halogens is 6. The van der Waals surface area contributed by atoms with E-state index in [1.165, 1.54) is 6.07 Å². The molecule has 2 aromatic carbocycles. The minimum absolute atomic E-state index is 0.134. The Labute approximate surface area is 201 Å². The van der Waals surface area contributed by atoms with Crippen LogP contribution in [0.5, 0.6) is 0 Å². The van der Waals surface area contributed by atoms with Crippen molar-refractivity contribution < 1.29 is 36.2 Å². The van der Waals surface area contributed by atoms with E-state index < -0.39 is 29.8 Å². The van der Waals surface area contributed by atoms with Crippen molar-refractivity contribution in [3.63, 3.8) is 0 Å². The van der Waals surface area contributed by atoms with Crippen LogP contribution in [0.25, 0.3) is 0 Å². The van der Waals surface area contributed by atoms with Gasteiger partial charge in [-0.25, -0.2) is 0 Å². The molecule has 0 aliphatic carbocycles. The summed E-state index contributed by atoms with van der Waals surface area (Å²) in [5.74, 6) is -0.350. The molecule has 0 fully saturated rings. The fourth-order valence-corrected chi connectivity index (χ4v) is 3.01. The van der Waals surface area contributed by atoms with Gasteiger partial charge in [0.25, 0.3) is 0 Å². The number of carbonyl (C=O) groups excluding carboxylic acids is 1. The summed E-state index contributed by atoms with van der Waals surface area (Å²) in [7, 11) is 0. The second kappa shape index (κ2) is 11.1. The second-order valence-corrected chi connectivity index (χ2v) is 7.41. The van der Waals surface area contributed by atoms with Crippen molar-refractivity contribution in [2.45, 2.75) is 18.5 Å². The summed E-state index contributed by atoms with van der Waals surface area (Å²) in [5, 5.41) is 9.96. The zero-order valence-corrected chi connectivity index (χ0v) is 18.3. The lowest BCUT2D eigenvalue weighted by Crippen LogP contribution is -2.09. The molecule has 2 aromatic heterocycles. The van der Waals surface area contributed by atoms with Crippen molar-refractivity contribution in [3.8, 4) is 0 Å². The Kier molecular flexibility index (Phi) is 8.21. The highest BCUT2D eigenvalue weighted by Crippen LogP contribution is 2.29. The molecule has 1 atom stereocenters. The number of alkyl halides is 6. The number of benzene rings is 2. The van der Waals surface area contributed by atoms with Crippen LogP contribution in [0, 0.1) is 0 Å². The van der Waals surface area contributed by atoms with Gasteiger partial charge < -0.3 is 5.11 Å². The van der Waals surface area contributed by atoms with Gasteiger partial charge >= 0.3 is 12.4 Å². The molecular weight excluding hydrogens is 486 g/mol. The van der Waals surface area contributed by atoms with Gasteiger partial charge in [-0.3, -0.25) is 14.8 Å². The molecule has 1 unspecified atom stereocenters. The number of nitrogens with zero attached hydrogens (tertiary/aromatic N) is 2. The van der Waals surface area contributed by atoms with Crippen molar-refractivity contribution in [3.05, 3.63) is 131 Å². The zero-order valence-electron chi connectivity index (χ0n) is 18.3. The Hall–Kier alpha value is -4.05. The molecule has 10 heteroatoms. The van der Waals surface area contributed by atoms with E-state index in [4.69, 9.17) is 0 Å². The molecule has 0 radical (unpaired) electrons. The molecule has 0 bridgehead atoms. The SMILES string of the molecule is O=C(c1ccccc1)c1ccc(C(F)(F)F)nc1.OC(c1ccccc1)c1ccc(C(F)(F)F)nc1. The third-order valence-electron chi connectivity index (χ3n) is 4.86. The van der Waals surface area contributed by atoms with E-state index >= 15 is 0 Å². The summed E-state index contributed by atoms with van der Waals surface area (Å²) in [4.78, 5) is 18.4. The molecule has 186 valence electrons. The first kappa shape index (κ1) is 26.6. The number of ketones is 1. The Morgan fingerprint density at radius 2 is 1.11 bits per heavy atom. The first-order valence-electron chi connectivity index (χ1n) is 10.4. The molecule has 0 amide bonds. The normalized spacial score (nSPS) is 12.3. The summed E-state index contributed by atoms with van der Waals surface area (Å²) in [6.07, 6.45) is -7.94. The molecule has 2 heterocycles. The molecule has 1 N–H and O–H groups in total. The number of aromatic nitrogens is 2. The first-order valence-corrected chi connectivity index (χ1v) is 10.4. The van der Waals surface area contributed by atoms with E-state index in [2.05, 4.69) is 9.97 Å². The maximum atomic E-state index is 12.3. The van der Waals surface area contributed by atoms with Crippen molar-refractivity contribution in [2.24, 2.45) is 0 Å². The minimum Gasteiger partial charge on any atom is -0.384 e. The van der Waals surface area contributed by atoms with Gasteiger partial charge in [0.2, 0.25) is 0 Å². The summed E-state index contributed by atoms with van der Waals surface area (Å²) in [5.41, 5.74) is -0.486. The molecule has 0 saturated carbocycles. The van der Waals surface area contributed by atoms with E-state index in [1.807, 2.05) is 0 Å². The van der Waals surface area contributed by atoms with Gasteiger partial charge in [-0.1, -0.05) is 66.7 Å². The van der Waals surface area contributed by atoms with Crippen molar-refractivity contribution in [1.29, 1.82) is 0 Å². The topological polar surface area (TPSA) is 63.1 Å². The highest BCUT2D eigenvalue weighted by Gasteiger charge is 2.33. The van der Waals surface area contributed by atoms with E-state index in [0.29, 0.717) is 16.7 Å². The number of hydrogen-bond donors (Lipinski definition) is 1. The molecule has 4 nitrogen and oxygen atoms in total. The quantitative estimate of drug-likeness (QED) is 0.254. The molecular formula is C26H18F6N2O2. The highest BCUT2D eigenvalue weighted by atomic mass is 19.4. The van der Waals surface area contributed by atoms with Crippen LogP contribution in [-0.4, -0.2) is 20.9 Å². The lowest BCUT2D eigenvalue weighted by Gasteiger charge is -2.12. The van der Waals surface area contributed by atoms with Crippen LogP contribution in [0.15, 0.2) is 97.3 Å². The Bertz CT molecular complexity index is 1260. The van der Waals surface area contributed by atoms with Crippen LogP contribution in [0.4, 0.5) is 26.3 Å². The van der Waals surface area contributed by atoms with Gasteiger partial charge in [0.05, 0.1) is 0 Å². The predicted octanol–water partition coefficient (Wildman–Crippen LogP) is 6.51. The standard InChI is InChI=1S/C13H10F3NO.C13H8F3NO/c2*14-13(15,16)11-7-6-10(8-17-11)12(18)9-4-2-1-3-5-9/h1-8,12,18H;1-8H. The van der Waals surface area contributed by atoms with E-state index in [9.17, 15) is 36.2 Å². The average Bonchev–Trinajstić information content (AvgIpc) is 2.88. The van der Waals surface area contributed by atoms with Crippen LogP contribution in [0.2, 0.25) is 0 Å². The molecule has 0 aliphatic heterocycles. The average molecular weight is 504 g/mol. The van der Waals surface area contributed by atoms with Crippen LogP contribution < -0.4 is 0 Å².